The Balaban J connectivity index is 1.43. The molecule has 0 aromatic heterocycles. The largest absolute Gasteiger partial charge is 0.349 e. The van der Waals surface area contributed by atoms with Crippen molar-refractivity contribution >= 4 is 21.8 Å². The van der Waals surface area contributed by atoms with Crippen LogP contribution in [0.4, 0.5) is 0 Å². The van der Waals surface area contributed by atoms with Crippen molar-refractivity contribution in [1.29, 1.82) is 0 Å². The van der Waals surface area contributed by atoms with E-state index in [2.05, 4.69) is 44.8 Å². The monoisotopic (exact) mass is 348 g/mol. The van der Waals surface area contributed by atoms with Crippen molar-refractivity contribution in [3.8, 4) is 0 Å². The summed E-state index contributed by atoms with van der Waals surface area (Å²) in [5.74, 6) is 0.553. The van der Waals surface area contributed by atoms with E-state index in [9.17, 15) is 4.79 Å². The molecule has 2 unspecified atom stereocenters. The van der Waals surface area contributed by atoms with E-state index in [4.69, 9.17) is 0 Å². The number of benzene rings is 1. The third-order valence-corrected chi connectivity index (χ3v) is 6.10. The quantitative estimate of drug-likeness (QED) is 0.862. The first-order valence-corrected chi connectivity index (χ1v) is 8.77. The Kier molecular flexibility index (Phi) is 3.34. The maximum Gasteiger partial charge on any atom is 0.224 e. The Morgan fingerprint density at radius 1 is 1.33 bits per heavy atom. The summed E-state index contributed by atoms with van der Waals surface area (Å²) < 4.78 is 1.13. The molecule has 21 heavy (non-hydrogen) atoms. The molecule has 2 fully saturated rings. The third-order valence-electron chi connectivity index (χ3n) is 5.60. The molecule has 3 nitrogen and oxygen atoms in total. The van der Waals surface area contributed by atoms with E-state index in [0.29, 0.717) is 5.41 Å². The van der Waals surface area contributed by atoms with Crippen molar-refractivity contribution in [2.45, 2.75) is 38.1 Å². The van der Waals surface area contributed by atoms with Gasteiger partial charge in [-0.3, -0.25) is 4.79 Å². The smallest absolute Gasteiger partial charge is 0.224 e. The zero-order valence-corrected chi connectivity index (χ0v) is 13.7. The maximum atomic E-state index is 12.6. The molecule has 3 aliphatic rings. The van der Waals surface area contributed by atoms with Gasteiger partial charge in [-0.1, -0.05) is 22.0 Å². The van der Waals surface area contributed by atoms with Crippen molar-refractivity contribution in [2.75, 3.05) is 13.1 Å². The highest BCUT2D eigenvalue weighted by Gasteiger charge is 2.57. The van der Waals surface area contributed by atoms with Gasteiger partial charge in [-0.2, -0.15) is 0 Å². The number of rotatable bonds is 2. The third kappa shape index (κ3) is 2.42. The number of hydrogen-bond acceptors (Lipinski definition) is 2. The van der Waals surface area contributed by atoms with Gasteiger partial charge < -0.3 is 10.6 Å². The molecule has 1 aromatic rings. The highest BCUT2D eigenvalue weighted by atomic mass is 79.9. The number of carbonyl (C=O) groups excluding carboxylic acids is 1. The summed E-state index contributed by atoms with van der Waals surface area (Å²) in [6.07, 6.45) is 5.54. The molecule has 1 amide bonds. The van der Waals surface area contributed by atoms with Crippen LogP contribution in [0.25, 0.3) is 0 Å². The fourth-order valence-corrected chi connectivity index (χ4v) is 4.61. The van der Waals surface area contributed by atoms with Gasteiger partial charge in [0.2, 0.25) is 5.91 Å². The van der Waals surface area contributed by atoms with Crippen LogP contribution < -0.4 is 10.6 Å². The number of halogens is 1. The molecular formula is C17H21BrN2O. The van der Waals surface area contributed by atoms with Gasteiger partial charge in [0.15, 0.2) is 0 Å². The molecule has 4 rings (SSSR count). The molecule has 1 spiro atoms. The Labute approximate surface area is 134 Å². The number of hydrogen-bond donors (Lipinski definition) is 2. The van der Waals surface area contributed by atoms with Crippen LogP contribution in [0.15, 0.2) is 22.7 Å². The first-order chi connectivity index (χ1) is 10.2. The second kappa shape index (κ2) is 5.10. The van der Waals surface area contributed by atoms with Crippen LogP contribution in [0, 0.1) is 11.3 Å². The number of nitrogens with one attached hydrogen (secondary N) is 2. The van der Waals surface area contributed by atoms with Crippen molar-refractivity contribution in [1.82, 2.24) is 10.6 Å². The molecule has 1 aromatic carbocycles. The van der Waals surface area contributed by atoms with Crippen molar-refractivity contribution in [3.63, 3.8) is 0 Å². The van der Waals surface area contributed by atoms with Gasteiger partial charge in [-0.15, -0.1) is 0 Å². The van der Waals surface area contributed by atoms with E-state index in [1.54, 1.807) is 0 Å². The zero-order chi connectivity index (χ0) is 14.4. The molecular weight excluding hydrogens is 328 g/mol. The molecule has 0 radical (unpaired) electrons. The highest BCUT2D eigenvalue weighted by molar-refractivity contribution is 9.10. The summed E-state index contributed by atoms with van der Waals surface area (Å²) in [4.78, 5) is 12.6. The predicted octanol–water partition coefficient (Wildman–Crippen LogP) is 2.94. The van der Waals surface area contributed by atoms with E-state index < -0.39 is 0 Å². The first-order valence-electron chi connectivity index (χ1n) is 7.97. The summed E-state index contributed by atoms with van der Waals surface area (Å²) in [7, 11) is 0. The van der Waals surface area contributed by atoms with Crippen LogP contribution in [-0.2, 0) is 11.2 Å². The minimum atomic E-state index is 0.222. The van der Waals surface area contributed by atoms with Crippen molar-refractivity contribution in [3.05, 3.63) is 33.8 Å². The highest BCUT2D eigenvalue weighted by Crippen LogP contribution is 2.58. The van der Waals surface area contributed by atoms with E-state index in [1.807, 2.05) is 0 Å². The molecule has 112 valence electrons. The fraction of sp³-hybridized carbons (Fsp3) is 0.588. The number of aryl methyl sites for hydroxylation is 1. The molecule has 0 bridgehead atoms. The lowest BCUT2D eigenvalue weighted by Gasteiger charge is -2.23. The molecule has 2 atom stereocenters. The molecule has 1 heterocycles. The maximum absolute atomic E-state index is 12.6. The second-order valence-electron chi connectivity index (χ2n) is 6.81. The Morgan fingerprint density at radius 2 is 2.14 bits per heavy atom. The van der Waals surface area contributed by atoms with Crippen molar-refractivity contribution < 1.29 is 4.79 Å². The molecule has 1 saturated carbocycles. The minimum absolute atomic E-state index is 0.222. The Morgan fingerprint density at radius 3 is 2.95 bits per heavy atom. The van der Waals surface area contributed by atoms with Crippen LogP contribution in [-0.4, -0.2) is 19.0 Å². The first kappa shape index (κ1) is 13.8. The van der Waals surface area contributed by atoms with Crippen LogP contribution in [0.3, 0.4) is 0 Å². The number of piperidine rings is 1. The summed E-state index contributed by atoms with van der Waals surface area (Å²) in [5.41, 5.74) is 3.02. The van der Waals surface area contributed by atoms with Gasteiger partial charge in [0.05, 0.1) is 6.04 Å². The SMILES string of the molecule is O=C(NC1CCc2cc(Br)ccc21)C1CC12CCNCC2. The van der Waals surface area contributed by atoms with E-state index >= 15 is 0 Å². The van der Waals surface area contributed by atoms with E-state index in [-0.39, 0.29) is 17.9 Å². The van der Waals surface area contributed by atoms with Gasteiger partial charge in [0, 0.05) is 10.4 Å². The zero-order valence-electron chi connectivity index (χ0n) is 12.1. The van der Waals surface area contributed by atoms with Gasteiger partial charge >= 0.3 is 0 Å². The van der Waals surface area contributed by atoms with Crippen LogP contribution in [0.5, 0.6) is 0 Å². The minimum Gasteiger partial charge on any atom is -0.349 e. The molecule has 1 aliphatic heterocycles. The van der Waals surface area contributed by atoms with Gasteiger partial charge in [0.1, 0.15) is 0 Å². The lowest BCUT2D eigenvalue weighted by molar-refractivity contribution is -0.124. The Bertz CT molecular complexity index is 580. The summed E-state index contributed by atoms with van der Waals surface area (Å²) in [6.45, 7) is 2.15. The van der Waals surface area contributed by atoms with Gasteiger partial charge in [-0.05, 0) is 73.9 Å². The lowest BCUT2D eigenvalue weighted by atomic mass is 9.91. The van der Waals surface area contributed by atoms with Crippen LogP contribution in [0.2, 0.25) is 0 Å². The predicted molar refractivity (Wildman–Crippen MR) is 86.0 cm³/mol. The average molecular weight is 349 g/mol. The summed E-state index contributed by atoms with van der Waals surface area (Å²) in [5, 5.41) is 6.71. The summed E-state index contributed by atoms with van der Waals surface area (Å²) in [6, 6.07) is 6.65. The van der Waals surface area contributed by atoms with Crippen molar-refractivity contribution in [2.24, 2.45) is 11.3 Å². The lowest BCUT2D eigenvalue weighted by Crippen LogP contribution is -2.34. The number of carbonyl (C=O) groups is 1. The number of amides is 1. The number of fused-ring (bicyclic) bond motifs is 1. The van der Waals surface area contributed by atoms with Crippen LogP contribution in [0.1, 0.15) is 42.9 Å². The Hall–Kier alpha value is -0.870. The molecule has 2 N–H and O–H groups in total. The average Bonchev–Trinajstić information content (AvgIpc) is 3.03. The van der Waals surface area contributed by atoms with E-state index in [1.165, 1.54) is 24.0 Å². The second-order valence-corrected chi connectivity index (χ2v) is 7.73. The van der Waals surface area contributed by atoms with E-state index in [0.717, 1.165) is 36.8 Å². The van der Waals surface area contributed by atoms with Crippen LogP contribution >= 0.6 is 15.9 Å². The molecule has 1 saturated heterocycles. The standard InChI is InChI=1S/C17H21BrN2O/c18-12-2-3-13-11(9-12)1-4-15(13)20-16(21)14-10-17(14)5-7-19-8-6-17/h2-3,9,14-15,19H,1,4-8,10H2,(H,20,21). The van der Waals surface area contributed by atoms with Gasteiger partial charge in [-0.25, -0.2) is 0 Å². The fourth-order valence-electron chi connectivity index (χ4n) is 4.20. The molecule has 2 aliphatic carbocycles. The van der Waals surface area contributed by atoms with Gasteiger partial charge in [0.25, 0.3) is 0 Å². The normalized spacial score (nSPS) is 29.2. The summed E-state index contributed by atoms with van der Waals surface area (Å²) >= 11 is 3.52. The molecule has 4 heteroatoms. The topological polar surface area (TPSA) is 41.1 Å².